The Morgan fingerprint density at radius 1 is 1.33 bits per heavy atom. The first-order chi connectivity index (χ1) is 8.43. The molecule has 1 fully saturated rings. The van der Waals surface area contributed by atoms with Crippen molar-refractivity contribution in [3.8, 4) is 11.5 Å². The number of benzene rings is 1. The largest absolute Gasteiger partial charge is 0.508 e. The van der Waals surface area contributed by atoms with Gasteiger partial charge in [-0.15, -0.1) is 0 Å². The molecule has 0 radical (unpaired) electrons. The van der Waals surface area contributed by atoms with E-state index in [1.165, 1.54) is 18.2 Å². The zero-order valence-electron chi connectivity index (χ0n) is 10.4. The van der Waals surface area contributed by atoms with Crippen molar-refractivity contribution in [2.24, 2.45) is 5.73 Å². The fourth-order valence-corrected chi connectivity index (χ4v) is 2.41. The van der Waals surface area contributed by atoms with Crippen molar-refractivity contribution in [2.45, 2.75) is 25.3 Å². The Balaban J connectivity index is 2.06. The molecule has 1 aromatic rings. The number of nitrogens with two attached hydrogens (primary N) is 1. The molecule has 0 unspecified atom stereocenters. The van der Waals surface area contributed by atoms with Crippen molar-refractivity contribution in [1.29, 1.82) is 0 Å². The minimum atomic E-state index is -0.275. The Morgan fingerprint density at radius 3 is 2.39 bits per heavy atom. The molecule has 98 valence electrons. The molecule has 18 heavy (non-hydrogen) atoms. The van der Waals surface area contributed by atoms with E-state index in [0.29, 0.717) is 13.1 Å². The highest BCUT2D eigenvalue weighted by Gasteiger charge is 2.41. The second kappa shape index (κ2) is 4.49. The molecule has 5 nitrogen and oxygen atoms in total. The van der Waals surface area contributed by atoms with Crippen LogP contribution in [-0.2, 0) is 0 Å². The van der Waals surface area contributed by atoms with Crippen LogP contribution in [0.3, 0.4) is 0 Å². The number of hydrogen-bond donors (Lipinski definition) is 3. The number of carbonyl (C=O) groups excluding carboxylic acids is 1. The van der Waals surface area contributed by atoms with Crippen LogP contribution in [0.2, 0.25) is 0 Å². The van der Waals surface area contributed by atoms with Gasteiger partial charge in [-0.25, -0.2) is 0 Å². The van der Waals surface area contributed by atoms with E-state index in [1.54, 1.807) is 4.90 Å². The molecule has 0 atom stereocenters. The summed E-state index contributed by atoms with van der Waals surface area (Å²) in [7, 11) is 0. The maximum absolute atomic E-state index is 12.1. The third kappa shape index (κ3) is 2.41. The second-order valence-corrected chi connectivity index (χ2v) is 5.01. The summed E-state index contributed by atoms with van der Waals surface area (Å²) in [6, 6.07) is 3.88. The van der Waals surface area contributed by atoms with Gasteiger partial charge in [0, 0.05) is 24.7 Å². The number of rotatable bonds is 3. The van der Waals surface area contributed by atoms with E-state index in [1.807, 2.05) is 0 Å². The molecule has 1 saturated heterocycles. The maximum atomic E-state index is 12.1. The van der Waals surface area contributed by atoms with Gasteiger partial charge in [0.25, 0.3) is 5.91 Å². The Hall–Kier alpha value is -1.75. The zero-order valence-corrected chi connectivity index (χ0v) is 10.4. The predicted octanol–water partition coefficient (Wildman–Crippen LogP) is 1.05. The molecule has 1 amide bonds. The number of likely N-dealkylation sites (tertiary alicyclic amines) is 1. The van der Waals surface area contributed by atoms with Gasteiger partial charge in [0.1, 0.15) is 11.5 Å². The molecule has 0 aliphatic carbocycles. The summed E-state index contributed by atoms with van der Waals surface area (Å²) in [5.41, 5.74) is 6.10. The lowest BCUT2D eigenvalue weighted by Gasteiger charge is -2.47. The summed E-state index contributed by atoms with van der Waals surface area (Å²) in [6.07, 6.45) is 1.88. The van der Waals surface area contributed by atoms with Gasteiger partial charge in [0.05, 0.1) is 5.54 Å². The van der Waals surface area contributed by atoms with Crippen LogP contribution in [-0.4, -0.2) is 39.6 Å². The summed E-state index contributed by atoms with van der Waals surface area (Å²) < 4.78 is 0. The van der Waals surface area contributed by atoms with Gasteiger partial charge in [-0.05, 0) is 18.6 Å². The van der Waals surface area contributed by atoms with Gasteiger partial charge < -0.3 is 20.8 Å². The van der Waals surface area contributed by atoms with E-state index in [4.69, 9.17) is 5.73 Å². The fraction of sp³-hybridized carbons (Fsp3) is 0.462. The molecular weight excluding hydrogens is 232 g/mol. The van der Waals surface area contributed by atoms with E-state index < -0.39 is 0 Å². The first-order valence-electron chi connectivity index (χ1n) is 6.05. The molecule has 0 saturated carbocycles. The number of carbonyl (C=O) groups is 1. The van der Waals surface area contributed by atoms with E-state index in [-0.39, 0.29) is 28.5 Å². The SMILES string of the molecule is CCCC1(N)CN(C(=O)c2cc(O)cc(O)c2)C1. The summed E-state index contributed by atoms with van der Waals surface area (Å²) >= 11 is 0. The van der Waals surface area contributed by atoms with Gasteiger partial charge in [-0.1, -0.05) is 13.3 Å². The van der Waals surface area contributed by atoms with Crippen molar-refractivity contribution < 1.29 is 15.0 Å². The third-order valence-corrected chi connectivity index (χ3v) is 3.20. The standard InChI is InChI=1S/C13H18N2O3/c1-2-3-13(14)7-15(8-13)12(18)9-4-10(16)6-11(17)5-9/h4-6,16-17H,2-3,7-8,14H2,1H3. The topological polar surface area (TPSA) is 86.8 Å². The Kier molecular flexibility index (Phi) is 3.17. The van der Waals surface area contributed by atoms with Gasteiger partial charge in [0.2, 0.25) is 0 Å². The molecule has 1 heterocycles. The van der Waals surface area contributed by atoms with Crippen LogP contribution in [0.5, 0.6) is 11.5 Å². The minimum absolute atomic E-state index is 0.119. The molecule has 5 heteroatoms. The van der Waals surface area contributed by atoms with Gasteiger partial charge >= 0.3 is 0 Å². The van der Waals surface area contributed by atoms with Crippen LogP contribution < -0.4 is 5.73 Å². The van der Waals surface area contributed by atoms with Crippen LogP contribution in [0, 0.1) is 0 Å². The molecule has 1 aliphatic heterocycles. The molecule has 0 spiro atoms. The van der Waals surface area contributed by atoms with Crippen molar-refractivity contribution in [1.82, 2.24) is 4.90 Å². The first-order valence-corrected chi connectivity index (χ1v) is 6.05. The third-order valence-electron chi connectivity index (χ3n) is 3.20. The van der Waals surface area contributed by atoms with E-state index in [0.717, 1.165) is 12.8 Å². The van der Waals surface area contributed by atoms with E-state index >= 15 is 0 Å². The molecule has 1 aromatic carbocycles. The average Bonchev–Trinajstić information content (AvgIpc) is 2.23. The Morgan fingerprint density at radius 2 is 1.89 bits per heavy atom. The lowest BCUT2D eigenvalue weighted by Crippen LogP contribution is -2.68. The van der Waals surface area contributed by atoms with Crippen molar-refractivity contribution in [3.63, 3.8) is 0 Å². The molecule has 0 bridgehead atoms. The van der Waals surface area contributed by atoms with Crippen LogP contribution in [0.25, 0.3) is 0 Å². The number of amides is 1. The molecular formula is C13H18N2O3. The second-order valence-electron chi connectivity index (χ2n) is 5.01. The lowest BCUT2D eigenvalue weighted by atomic mass is 9.86. The fourth-order valence-electron chi connectivity index (χ4n) is 2.41. The number of phenols is 2. The number of nitrogens with zero attached hydrogens (tertiary/aromatic N) is 1. The zero-order chi connectivity index (χ0) is 13.3. The van der Waals surface area contributed by atoms with Crippen molar-refractivity contribution in [2.75, 3.05) is 13.1 Å². The van der Waals surface area contributed by atoms with Crippen molar-refractivity contribution >= 4 is 5.91 Å². The quantitative estimate of drug-likeness (QED) is 0.748. The molecule has 1 aliphatic rings. The Bertz CT molecular complexity index is 447. The lowest BCUT2D eigenvalue weighted by molar-refractivity contribution is 0.0386. The van der Waals surface area contributed by atoms with Crippen LogP contribution in [0.15, 0.2) is 18.2 Å². The van der Waals surface area contributed by atoms with Gasteiger partial charge in [-0.2, -0.15) is 0 Å². The number of phenolic OH excluding ortho intramolecular Hbond substituents is 2. The first kappa shape index (κ1) is 12.7. The van der Waals surface area contributed by atoms with Crippen LogP contribution >= 0.6 is 0 Å². The minimum Gasteiger partial charge on any atom is -0.508 e. The number of aromatic hydroxyl groups is 2. The van der Waals surface area contributed by atoms with Gasteiger partial charge in [-0.3, -0.25) is 4.79 Å². The van der Waals surface area contributed by atoms with E-state index in [9.17, 15) is 15.0 Å². The molecule has 4 N–H and O–H groups in total. The Labute approximate surface area is 106 Å². The molecule has 0 aromatic heterocycles. The predicted molar refractivity (Wildman–Crippen MR) is 67.5 cm³/mol. The smallest absolute Gasteiger partial charge is 0.254 e. The van der Waals surface area contributed by atoms with Crippen molar-refractivity contribution in [3.05, 3.63) is 23.8 Å². The summed E-state index contributed by atoms with van der Waals surface area (Å²) in [4.78, 5) is 13.7. The van der Waals surface area contributed by atoms with Crippen LogP contribution in [0.4, 0.5) is 0 Å². The summed E-state index contributed by atoms with van der Waals surface area (Å²) in [6.45, 7) is 3.11. The highest BCUT2D eigenvalue weighted by Crippen LogP contribution is 2.27. The summed E-state index contributed by atoms with van der Waals surface area (Å²) in [5, 5.41) is 18.7. The molecule has 2 rings (SSSR count). The normalized spacial score (nSPS) is 17.3. The summed E-state index contributed by atoms with van der Waals surface area (Å²) in [5.74, 6) is -0.448. The number of hydrogen-bond acceptors (Lipinski definition) is 4. The van der Waals surface area contributed by atoms with Gasteiger partial charge in [0.15, 0.2) is 0 Å². The highest BCUT2D eigenvalue weighted by molar-refractivity contribution is 5.95. The van der Waals surface area contributed by atoms with Crippen LogP contribution in [0.1, 0.15) is 30.1 Å². The monoisotopic (exact) mass is 250 g/mol. The highest BCUT2D eigenvalue weighted by atomic mass is 16.3. The van der Waals surface area contributed by atoms with E-state index in [2.05, 4.69) is 6.92 Å². The average molecular weight is 250 g/mol. The maximum Gasteiger partial charge on any atom is 0.254 e.